The lowest BCUT2D eigenvalue weighted by Crippen LogP contribution is -2.52. The van der Waals surface area contributed by atoms with E-state index in [1.54, 1.807) is 13.2 Å². The lowest BCUT2D eigenvalue weighted by Gasteiger charge is -2.45. The summed E-state index contributed by atoms with van der Waals surface area (Å²) in [7, 11) is 5.86. The van der Waals surface area contributed by atoms with Crippen molar-refractivity contribution in [3.05, 3.63) is 21.6 Å². The second-order valence-corrected chi connectivity index (χ2v) is 6.85. The van der Waals surface area contributed by atoms with Gasteiger partial charge < -0.3 is 10.2 Å². The first-order valence-corrected chi connectivity index (χ1v) is 7.86. The highest BCUT2D eigenvalue weighted by molar-refractivity contribution is 6.32. The van der Waals surface area contributed by atoms with Crippen molar-refractivity contribution in [3.63, 3.8) is 0 Å². The van der Waals surface area contributed by atoms with Crippen LogP contribution in [0.4, 0.5) is 5.69 Å². The zero-order chi connectivity index (χ0) is 15.6. The molecule has 0 aromatic carbocycles. The Kier molecular flexibility index (Phi) is 4.94. The maximum atomic E-state index is 11.8. The van der Waals surface area contributed by atoms with Gasteiger partial charge in [-0.25, -0.2) is 4.68 Å². The van der Waals surface area contributed by atoms with Crippen LogP contribution < -0.4 is 10.9 Å². The molecule has 2 atom stereocenters. The first-order chi connectivity index (χ1) is 9.85. The molecule has 1 aromatic heterocycles. The molecule has 0 aliphatic heterocycles. The lowest BCUT2D eigenvalue weighted by molar-refractivity contribution is 0.0882. The van der Waals surface area contributed by atoms with Crippen LogP contribution in [-0.4, -0.2) is 40.9 Å². The van der Waals surface area contributed by atoms with E-state index in [9.17, 15) is 4.79 Å². The molecule has 1 heterocycles. The van der Waals surface area contributed by atoms with Gasteiger partial charge in [0.25, 0.3) is 5.56 Å². The smallest absolute Gasteiger partial charge is 0.287 e. The minimum Gasteiger partial charge on any atom is -0.381 e. The fraction of sp³-hybridized carbons (Fsp3) is 0.733. The number of nitrogens with zero attached hydrogens (tertiary/aromatic N) is 3. The molecule has 1 aromatic rings. The number of halogens is 1. The topological polar surface area (TPSA) is 50.2 Å². The monoisotopic (exact) mass is 312 g/mol. The number of aryl methyl sites for hydroxylation is 1. The number of anilines is 1. The Morgan fingerprint density at radius 2 is 2.29 bits per heavy atom. The molecule has 2 unspecified atom stereocenters. The Morgan fingerprint density at radius 1 is 1.57 bits per heavy atom. The molecule has 6 heteroatoms. The van der Waals surface area contributed by atoms with E-state index < -0.39 is 0 Å². The predicted molar refractivity (Wildman–Crippen MR) is 87.0 cm³/mol. The summed E-state index contributed by atoms with van der Waals surface area (Å²) < 4.78 is 1.25. The highest BCUT2D eigenvalue weighted by Crippen LogP contribution is 2.36. The molecule has 1 aliphatic carbocycles. The van der Waals surface area contributed by atoms with Crippen molar-refractivity contribution in [2.24, 2.45) is 13.0 Å². The van der Waals surface area contributed by atoms with Gasteiger partial charge in [-0.15, -0.1) is 0 Å². The van der Waals surface area contributed by atoms with E-state index in [4.69, 9.17) is 11.6 Å². The second-order valence-electron chi connectivity index (χ2n) is 6.47. The van der Waals surface area contributed by atoms with Gasteiger partial charge in [0.15, 0.2) is 0 Å². The van der Waals surface area contributed by atoms with Gasteiger partial charge in [-0.05, 0) is 32.9 Å². The summed E-state index contributed by atoms with van der Waals surface area (Å²) in [6, 6.07) is 0. The number of aromatic nitrogens is 2. The van der Waals surface area contributed by atoms with Crippen LogP contribution in [-0.2, 0) is 7.05 Å². The summed E-state index contributed by atoms with van der Waals surface area (Å²) in [6.45, 7) is 3.09. The van der Waals surface area contributed by atoms with Crippen LogP contribution in [0.1, 0.15) is 32.6 Å². The molecule has 1 fully saturated rings. The van der Waals surface area contributed by atoms with Crippen molar-refractivity contribution in [2.45, 2.75) is 38.1 Å². The maximum Gasteiger partial charge on any atom is 0.287 e. The molecule has 1 saturated carbocycles. The fourth-order valence-corrected chi connectivity index (χ4v) is 3.49. The van der Waals surface area contributed by atoms with E-state index >= 15 is 0 Å². The number of hydrogen-bond acceptors (Lipinski definition) is 4. The average Bonchev–Trinajstić information content (AvgIpc) is 2.44. The van der Waals surface area contributed by atoms with Crippen molar-refractivity contribution >= 4 is 17.3 Å². The average molecular weight is 313 g/mol. The Morgan fingerprint density at radius 3 is 2.90 bits per heavy atom. The third-order valence-electron chi connectivity index (χ3n) is 4.70. The maximum absolute atomic E-state index is 11.8. The molecule has 21 heavy (non-hydrogen) atoms. The van der Waals surface area contributed by atoms with Crippen LogP contribution in [0.25, 0.3) is 0 Å². The highest BCUT2D eigenvalue weighted by Gasteiger charge is 2.36. The molecule has 2 rings (SSSR count). The quantitative estimate of drug-likeness (QED) is 0.927. The first-order valence-electron chi connectivity index (χ1n) is 7.49. The van der Waals surface area contributed by atoms with E-state index in [2.05, 4.69) is 36.3 Å². The summed E-state index contributed by atoms with van der Waals surface area (Å²) >= 11 is 6.12. The Bertz CT molecular complexity index is 557. The van der Waals surface area contributed by atoms with E-state index in [-0.39, 0.29) is 16.1 Å². The molecule has 0 bridgehead atoms. The zero-order valence-electron chi connectivity index (χ0n) is 13.3. The van der Waals surface area contributed by atoms with E-state index in [1.807, 2.05) is 0 Å². The molecule has 0 radical (unpaired) electrons. The Hall–Kier alpha value is -1.07. The normalized spacial score (nSPS) is 26.1. The third-order valence-corrected chi connectivity index (χ3v) is 5.07. The van der Waals surface area contributed by atoms with Gasteiger partial charge in [-0.2, -0.15) is 5.10 Å². The van der Waals surface area contributed by atoms with Crippen molar-refractivity contribution in [3.8, 4) is 0 Å². The minimum absolute atomic E-state index is 0.113. The van der Waals surface area contributed by atoms with Gasteiger partial charge in [-0.3, -0.25) is 4.79 Å². The molecule has 0 saturated heterocycles. The van der Waals surface area contributed by atoms with Crippen molar-refractivity contribution in [1.29, 1.82) is 0 Å². The standard InChI is InChI=1S/C15H25ClN4O/c1-11-6-5-7-15(8-11,19(2)3)10-17-12-9-18-20(4)14(21)13(12)16/h9,11,17H,5-8,10H2,1-4H3. The third kappa shape index (κ3) is 3.40. The molecule has 5 nitrogen and oxygen atoms in total. The number of rotatable bonds is 4. The lowest BCUT2D eigenvalue weighted by atomic mass is 9.75. The van der Waals surface area contributed by atoms with Crippen LogP contribution in [0.5, 0.6) is 0 Å². The summed E-state index contributed by atoms with van der Waals surface area (Å²) in [4.78, 5) is 14.1. The van der Waals surface area contributed by atoms with E-state index in [0.717, 1.165) is 25.3 Å². The molecular formula is C15H25ClN4O. The molecule has 0 amide bonds. The van der Waals surface area contributed by atoms with Gasteiger partial charge in [0.05, 0.1) is 11.9 Å². The largest absolute Gasteiger partial charge is 0.381 e. The number of likely N-dealkylation sites (N-methyl/N-ethyl adjacent to an activating group) is 1. The van der Waals surface area contributed by atoms with Crippen LogP contribution in [0, 0.1) is 5.92 Å². The van der Waals surface area contributed by atoms with Gasteiger partial charge in [0, 0.05) is 19.1 Å². The zero-order valence-corrected chi connectivity index (χ0v) is 14.1. The van der Waals surface area contributed by atoms with Gasteiger partial charge in [0.2, 0.25) is 0 Å². The molecule has 1 aliphatic rings. The predicted octanol–water partition coefficient (Wildman–Crippen LogP) is 2.36. The molecular weight excluding hydrogens is 288 g/mol. The Labute approximate surface area is 131 Å². The van der Waals surface area contributed by atoms with E-state index in [0.29, 0.717) is 5.69 Å². The number of hydrogen-bond donors (Lipinski definition) is 1. The summed E-state index contributed by atoms with van der Waals surface area (Å²) in [5.74, 6) is 0.722. The fourth-order valence-electron chi connectivity index (χ4n) is 3.25. The Balaban J connectivity index is 2.16. The summed E-state index contributed by atoms with van der Waals surface area (Å²) in [5, 5.41) is 7.59. The van der Waals surface area contributed by atoms with Crippen LogP contribution in [0.2, 0.25) is 5.02 Å². The second kappa shape index (κ2) is 6.36. The summed E-state index contributed by atoms with van der Waals surface area (Å²) in [6.07, 6.45) is 6.48. The van der Waals surface area contributed by atoms with Crippen molar-refractivity contribution in [2.75, 3.05) is 26.0 Å². The highest BCUT2D eigenvalue weighted by atomic mass is 35.5. The van der Waals surface area contributed by atoms with Gasteiger partial charge in [0.1, 0.15) is 5.02 Å². The molecule has 0 spiro atoms. The first kappa shape index (κ1) is 16.3. The van der Waals surface area contributed by atoms with Crippen molar-refractivity contribution in [1.82, 2.24) is 14.7 Å². The van der Waals surface area contributed by atoms with Crippen molar-refractivity contribution < 1.29 is 0 Å². The van der Waals surface area contributed by atoms with Gasteiger partial charge >= 0.3 is 0 Å². The van der Waals surface area contributed by atoms with Crippen LogP contribution >= 0.6 is 11.6 Å². The molecule has 1 N–H and O–H groups in total. The van der Waals surface area contributed by atoms with Crippen LogP contribution in [0.3, 0.4) is 0 Å². The number of nitrogens with one attached hydrogen (secondary N) is 1. The summed E-state index contributed by atoms with van der Waals surface area (Å²) in [5.41, 5.74) is 0.471. The van der Waals surface area contributed by atoms with Gasteiger partial charge in [-0.1, -0.05) is 31.4 Å². The van der Waals surface area contributed by atoms with E-state index in [1.165, 1.54) is 17.5 Å². The van der Waals surface area contributed by atoms with Crippen LogP contribution in [0.15, 0.2) is 11.0 Å². The minimum atomic E-state index is -0.266. The SMILES string of the molecule is CC1CCCC(CNc2cnn(C)c(=O)c2Cl)(N(C)C)C1. The molecule has 118 valence electrons.